The lowest BCUT2D eigenvalue weighted by Gasteiger charge is -2.36. The minimum Gasteiger partial charge on any atom is -0.497 e. The van der Waals surface area contributed by atoms with Crippen LogP contribution in [0.3, 0.4) is 0 Å². The fraction of sp³-hybridized carbons (Fsp3) is 0.385. The quantitative estimate of drug-likeness (QED) is 0.446. The summed E-state index contributed by atoms with van der Waals surface area (Å²) in [5.74, 6) is 1.60. The molecule has 0 saturated heterocycles. The molecular formula is C26H29N5O2. The highest BCUT2D eigenvalue weighted by molar-refractivity contribution is 5.82. The molecule has 2 aromatic heterocycles. The Labute approximate surface area is 193 Å². The van der Waals surface area contributed by atoms with Crippen LogP contribution in [0.4, 0.5) is 0 Å². The number of hydrogen-bond donors (Lipinski definition) is 2. The van der Waals surface area contributed by atoms with Crippen molar-refractivity contribution in [2.24, 2.45) is 0 Å². The molecular weight excluding hydrogens is 414 g/mol. The van der Waals surface area contributed by atoms with Gasteiger partial charge in [0.1, 0.15) is 17.9 Å². The first-order chi connectivity index (χ1) is 16.1. The predicted octanol–water partition coefficient (Wildman–Crippen LogP) is 3.98. The van der Waals surface area contributed by atoms with Crippen molar-refractivity contribution in [3.8, 4) is 5.75 Å². The maximum atomic E-state index is 11.2. The lowest BCUT2D eigenvalue weighted by atomic mass is 9.79. The first-order valence-corrected chi connectivity index (χ1v) is 11.6. The molecule has 5 rings (SSSR count). The zero-order valence-electron chi connectivity index (χ0n) is 18.9. The number of ether oxygens (including phenoxy) is 1. The van der Waals surface area contributed by atoms with E-state index in [2.05, 4.69) is 25.3 Å². The van der Waals surface area contributed by atoms with E-state index >= 15 is 0 Å². The number of methoxy groups -OCH3 is 1. The first-order valence-electron chi connectivity index (χ1n) is 11.6. The molecule has 0 aliphatic heterocycles. The van der Waals surface area contributed by atoms with Gasteiger partial charge in [0.2, 0.25) is 0 Å². The lowest BCUT2D eigenvalue weighted by molar-refractivity contribution is -0.0110. The second-order valence-corrected chi connectivity index (χ2v) is 8.93. The van der Waals surface area contributed by atoms with Crippen LogP contribution in [-0.4, -0.2) is 43.8 Å². The molecule has 1 saturated carbocycles. The fourth-order valence-corrected chi connectivity index (χ4v) is 4.71. The highest BCUT2D eigenvalue weighted by atomic mass is 16.5. The van der Waals surface area contributed by atoms with E-state index in [0.29, 0.717) is 25.4 Å². The van der Waals surface area contributed by atoms with Crippen LogP contribution in [0, 0.1) is 0 Å². The summed E-state index contributed by atoms with van der Waals surface area (Å²) in [4.78, 5) is 18.0. The van der Waals surface area contributed by atoms with E-state index in [1.807, 2.05) is 48.7 Å². The maximum Gasteiger partial charge on any atom is 0.142 e. The number of aromatic nitrogens is 4. The molecule has 7 heteroatoms. The molecule has 0 atom stereocenters. The number of aliphatic hydroxyl groups is 1. The number of benzene rings is 2. The normalized spacial score (nSPS) is 20.8. The topological polar surface area (TPSA) is 93.1 Å². The summed E-state index contributed by atoms with van der Waals surface area (Å²) in [6, 6.07) is 14.2. The minimum atomic E-state index is -0.659. The molecule has 1 fully saturated rings. The van der Waals surface area contributed by atoms with Crippen molar-refractivity contribution in [1.29, 1.82) is 0 Å². The van der Waals surface area contributed by atoms with Gasteiger partial charge in [-0.1, -0.05) is 18.2 Å². The van der Waals surface area contributed by atoms with Crippen LogP contribution >= 0.6 is 0 Å². The molecule has 2 aromatic carbocycles. The van der Waals surface area contributed by atoms with Crippen molar-refractivity contribution in [3.63, 3.8) is 0 Å². The summed E-state index contributed by atoms with van der Waals surface area (Å²) in [6.07, 6.45) is 8.30. The molecule has 33 heavy (non-hydrogen) atoms. The van der Waals surface area contributed by atoms with E-state index in [-0.39, 0.29) is 0 Å². The molecule has 0 spiro atoms. The molecule has 2 N–H and O–H groups in total. The fourth-order valence-electron chi connectivity index (χ4n) is 4.71. The van der Waals surface area contributed by atoms with Gasteiger partial charge in [-0.3, -0.25) is 0 Å². The smallest absolute Gasteiger partial charge is 0.142 e. The first kappa shape index (κ1) is 21.7. The molecule has 0 bridgehead atoms. The van der Waals surface area contributed by atoms with Crippen LogP contribution in [0.1, 0.15) is 43.6 Å². The highest BCUT2D eigenvalue weighted by Gasteiger charge is 2.33. The molecule has 0 unspecified atom stereocenters. The zero-order chi connectivity index (χ0) is 22.7. The van der Waals surface area contributed by atoms with Crippen LogP contribution in [0.25, 0.3) is 21.8 Å². The number of aryl methyl sites for hydroxylation is 1. The van der Waals surface area contributed by atoms with Crippen LogP contribution in [0.2, 0.25) is 0 Å². The Morgan fingerprint density at radius 1 is 1.06 bits per heavy atom. The van der Waals surface area contributed by atoms with Crippen molar-refractivity contribution >= 4 is 21.8 Å². The zero-order valence-corrected chi connectivity index (χ0v) is 18.9. The van der Waals surface area contributed by atoms with E-state index in [4.69, 9.17) is 4.74 Å². The third-order valence-electron chi connectivity index (χ3n) is 6.76. The van der Waals surface area contributed by atoms with Gasteiger partial charge in [0.15, 0.2) is 0 Å². The number of para-hydroxylation sites is 1. The second kappa shape index (κ2) is 9.37. The van der Waals surface area contributed by atoms with Gasteiger partial charge >= 0.3 is 0 Å². The number of nitrogens with zero attached hydrogens (tertiary/aromatic N) is 4. The lowest BCUT2D eigenvalue weighted by Crippen LogP contribution is -2.41. The Morgan fingerprint density at radius 3 is 2.76 bits per heavy atom. The number of nitrogens with one attached hydrogen (secondary N) is 1. The largest absolute Gasteiger partial charge is 0.497 e. The molecule has 1 aliphatic carbocycles. The average molecular weight is 444 g/mol. The molecule has 0 radical (unpaired) electrons. The van der Waals surface area contributed by atoms with Crippen LogP contribution in [-0.2, 0) is 13.0 Å². The van der Waals surface area contributed by atoms with Gasteiger partial charge in [0, 0.05) is 23.0 Å². The Hall–Kier alpha value is -3.16. The molecule has 170 valence electrons. The monoisotopic (exact) mass is 443 g/mol. The van der Waals surface area contributed by atoms with Crippen molar-refractivity contribution < 1.29 is 9.84 Å². The number of fused-ring (bicyclic) bond motifs is 2. The molecule has 0 amide bonds. The summed E-state index contributed by atoms with van der Waals surface area (Å²) in [5, 5.41) is 16.8. The second-order valence-electron chi connectivity index (χ2n) is 8.93. The summed E-state index contributed by atoms with van der Waals surface area (Å²) in [6.45, 7) is 0.642. The van der Waals surface area contributed by atoms with E-state index in [0.717, 1.165) is 64.8 Å². The van der Waals surface area contributed by atoms with Gasteiger partial charge in [-0.15, -0.1) is 0 Å². The molecule has 4 aromatic rings. The Morgan fingerprint density at radius 2 is 1.91 bits per heavy atom. The van der Waals surface area contributed by atoms with Gasteiger partial charge in [-0.05, 0) is 62.8 Å². The minimum absolute atomic E-state index is 0.365. The van der Waals surface area contributed by atoms with Gasteiger partial charge < -0.3 is 15.2 Å². The van der Waals surface area contributed by atoms with E-state index < -0.39 is 5.60 Å². The predicted molar refractivity (Wildman–Crippen MR) is 128 cm³/mol. The van der Waals surface area contributed by atoms with E-state index in [9.17, 15) is 5.11 Å². The van der Waals surface area contributed by atoms with E-state index in [1.165, 1.54) is 0 Å². The summed E-state index contributed by atoms with van der Waals surface area (Å²) in [5.41, 5.74) is 2.17. The van der Waals surface area contributed by atoms with Crippen molar-refractivity contribution in [3.05, 3.63) is 66.5 Å². The number of rotatable bonds is 7. The van der Waals surface area contributed by atoms with Crippen LogP contribution in [0.5, 0.6) is 5.75 Å². The van der Waals surface area contributed by atoms with Crippen LogP contribution in [0.15, 0.2) is 55.0 Å². The van der Waals surface area contributed by atoms with Gasteiger partial charge in [0.25, 0.3) is 0 Å². The Balaban J connectivity index is 1.16. The van der Waals surface area contributed by atoms with Crippen LogP contribution < -0.4 is 10.1 Å². The average Bonchev–Trinajstić information content (AvgIpc) is 2.87. The summed E-state index contributed by atoms with van der Waals surface area (Å²) in [7, 11) is 1.66. The maximum absolute atomic E-state index is 11.2. The van der Waals surface area contributed by atoms with Crippen molar-refractivity contribution in [2.45, 2.75) is 56.7 Å². The standard InChI is InChI=1S/C26H29N5O2/c1-33-20-6-7-23-21(14-20)24(30-17-29-23)10-13-26(32)11-8-19(9-12-26)27-16-25-28-15-18-4-2-3-5-22(18)31-25/h2-7,14-15,17,19,27,32H,8-13,16H2,1H3. The third kappa shape index (κ3) is 4.94. The SMILES string of the molecule is COc1ccc2ncnc(CCC3(O)CCC(NCc4ncc5ccccc5n4)CC3)c2c1. The highest BCUT2D eigenvalue weighted by Crippen LogP contribution is 2.33. The number of hydrogen-bond acceptors (Lipinski definition) is 7. The summed E-state index contributed by atoms with van der Waals surface area (Å²) < 4.78 is 5.36. The van der Waals surface area contributed by atoms with Crippen molar-refractivity contribution in [1.82, 2.24) is 25.3 Å². The third-order valence-corrected chi connectivity index (χ3v) is 6.76. The van der Waals surface area contributed by atoms with Crippen molar-refractivity contribution in [2.75, 3.05) is 7.11 Å². The van der Waals surface area contributed by atoms with Gasteiger partial charge in [-0.2, -0.15) is 0 Å². The Bertz CT molecular complexity index is 1250. The molecule has 1 aliphatic rings. The molecule has 7 nitrogen and oxygen atoms in total. The van der Waals surface area contributed by atoms with Gasteiger partial charge in [-0.25, -0.2) is 19.9 Å². The molecule has 2 heterocycles. The van der Waals surface area contributed by atoms with E-state index in [1.54, 1.807) is 13.4 Å². The Kier molecular flexibility index (Phi) is 6.15. The summed E-state index contributed by atoms with van der Waals surface area (Å²) >= 11 is 0. The van der Waals surface area contributed by atoms with Gasteiger partial charge in [0.05, 0.1) is 36.0 Å².